The minimum absolute atomic E-state index is 0.664. The van der Waals surface area contributed by atoms with Crippen LogP contribution in [0.25, 0.3) is 29.1 Å². The van der Waals surface area contributed by atoms with Crippen molar-refractivity contribution >= 4 is 29.1 Å². The Morgan fingerprint density at radius 3 is 2.75 bits per heavy atom. The quantitative estimate of drug-likeness (QED) is 0.808. The number of para-hydroxylation sites is 1. The fourth-order valence-electron chi connectivity index (χ4n) is 2.92. The highest BCUT2D eigenvalue weighted by Gasteiger charge is 2.06. The largest absolute Gasteiger partial charge is 0.383 e. The van der Waals surface area contributed by atoms with Crippen LogP contribution in [-0.2, 0) is 0 Å². The number of fused-ring (bicyclic) bond motifs is 2. The molecule has 24 heavy (non-hydrogen) atoms. The predicted octanol–water partition coefficient (Wildman–Crippen LogP) is 2.73. The van der Waals surface area contributed by atoms with Gasteiger partial charge in [0.15, 0.2) is 0 Å². The zero-order chi connectivity index (χ0) is 16.4. The van der Waals surface area contributed by atoms with Gasteiger partial charge in [-0.1, -0.05) is 42.5 Å². The second-order valence-electron chi connectivity index (χ2n) is 5.93. The fourth-order valence-corrected chi connectivity index (χ4v) is 2.92. The van der Waals surface area contributed by atoms with Crippen molar-refractivity contribution in [3.05, 3.63) is 76.6 Å². The molecule has 1 aliphatic carbocycles. The highest BCUT2D eigenvalue weighted by molar-refractivity contribution is 5.79. The van der Waals surface area contributed by atoms with Crippen LogP contribution in [0.3, 0.4) is 0 Å². The van der Waals surface area contributed by atoms with E-state index in [0.717, 1.165) is 40.0 Å². The first-order valence-corrected chi connectivity index (χ1v) is 8.19. The average Bonchev–Trinajstić information content (AvgIpc) is 2.65. The third kappa shape index (κ3) is 2.99. The Hall–Kier alpha value is -2.78. The van der Waals surface area contributed by atoms with Crippen LogP contribution in [0.2, 0.25) is 0 Å². The second-order valence-corrected chi connectivity index (χ2v) is 5.93. The maximum absolute atomic E-state index is 10.4. The van der Waals surface area contributed by atoms with Crippen molar-refractivity contribution in [1.29, 1.82) is 0 Å². The summed E-state index contributed by atoms with van der Waals surface area (Å²) in [5, 5.41) is 13.6. The first kappa shape index (κ1) is 14.8. The Kier molecular flexibility index (Phi) is 3.93. The van der Waals surface area contributed by atoms with E-state index in [2.05, 4.69) is 22.1 Å². The minimum Gasteiger partial charge on any atom is -0.383 e. The van der Waals surface area contributed by atoms with E-state index < -0.39 is 6.10 Å². The lowest BCUT2D eigenvalue weighted by Crippen LogP contribution is -2.31. The van der Waals surface area contributed by atoms with Crippen LogP contribution in [0.15, 0.2) is 54.6 Å². The van der Waals surface area contributed by atoms with Gasteiger partial charge in [-0.2, -0.15) is 0 Å². The Morgan fingerprint density at radius 2 is 1.79 bits per heavy atom. The van der Waals surface area contributed by atoms with Crippen molar-refractivity contribution in [2.24, 2.45) is 0 Å². The number of rotatable bonds is 3. The topological polar surface area (TPSA) is 46.0 Å². The normalized spacial score (nSPS) is 14.9. The molecule has 0 bridgehead atoms. The third-order valence-corrected chi connectivity index (χ3v) is 4.22. The lowest BCUT2D eigenvalue weighted by atomic mass is 10.1. The van der Waals surface area contributed by atoms with Gasteiger partial charge in [0.25, 0.3) is 0 Å². The molecule has 0 radical (unpaired) electrons. The molecule has 0 amide bonds. The molecule has 2 heterocycles. The van der Waals surface area contributed by atoms with Crippen LogP contribution >= 0.6 is 0 Å². The maximum Gasteiger partial charge on any atom is 0.114 e. The summed E-state index contributed by atoms with van der Waals surface area (Å²) in [6.07, 6.45) is 9.22. The van der Waals surface area contributed by atoms with Crippen molar-refractivity contribution in [3.63, 3.8) is 0 Å². The summed E-state index contributed by atoms with van der Waals surface area (Å²) in [6, 6.07) is 15.9. The Balaban J connectivity index is 1.60. The third-order valence-electron chi connectivity index (χ3n) is 4.22. The molecule has 0 saturated heterocycles. The number of aromatic nitrogens is 2. The van der Waals surface area contributed by atoms with Gasteiger partial charge in [-0.25, -0.2) is 4.98 Å². The Bertz CT molecular complexity index is 1040. The zero-order valence-electron chi connectivity index (χ0n) is 13.3. The fraction of sp³-hybridized carbons (Fsp3) is 0.143. The van der Waals surface area contributed by atoms with Crippen LogP contribution in [0.5, 0.6) is 0 Å². The van der Waals surface area contributed by atoms with Crippen LogP contribution < -0.4 is 10.6 Å². The number of pyridine rings is 2. The smallest absolute Gasteiger partial charge is 0.114 e. The summed E-state index contributed by atoms with van der Waals surface area (Å²) < 4.78 is 0. The standard InChI is InChI=1S/C21H18N2O/c24-21(20-13-10-16-6-2-4-8-19(16)23-20)14-12-17-11-9-15-5-1-3-7-18(15)22-17/h1,3,5-14,21,24H,2,4H2/b14-12+. The van der Waals surface area contributed by atoms with Gasteiger partial charge in [-0.3, -0.25) is 4.98 Å². The van der Waals surface area contributed by atoms with Crippen molar-refractivity contribution in [2.45, 2.75) is 18.9 Å². The SMILES string of the molecule is OC(/C=C/c1ccc2ccccc2n1)c1ccc2c(n1)=CCCC=2. The number of hydrogen-bond donors (Lipinski definition) is 1. The molecule has 3 nitrogen and oxygen atoms in total. The van der Waals surface area contributed by atoms with Crippen molar-refractivity contribution < 1.29 is 5.11 Å². The molecule has 3 heteroatoms. The lowest BCUT2D eigenvalue weighted by Gasteiger charge is -2.07. The summed E-state index contributed by atoms with van der Waals surface area (Å²) in [4.78, 5) is 9.15. The number of benzene rings is 1. The molecular formula is C21H18N2O. The van der Waals surface area contributed by atoms with Crippen LogP contribution in [0.1, 0.15) is 30.3 Å². The van der Waals surface area contributed by atoms with Gasteiger partial charge < -0.3 is 5.11 Å². The summed E-state index contributed by atoms with van der Waals surface area (Å²) in [5.41, 5.74) is 2.44. The highest BCUT2D eigenvalue weighted by atomic mass is 16.3. The summed E-state index contributed by atoms with van der Waals surface area (Å²) >= 11 is 0. The minimum atomic E-state index is -0.737. The van der Waals surface area contributed by atoms with E-state index in [-0.39, 0.29) is 0 Å². The molecule has 2 aromatic heterocycles. The lowest BCUT2D eigenvalue weighted by molar-refractivity contribution is 0.224. The average molecular weight is 314 g/mol. The van der Waals surface area contributed by atoms with Gasteiger partial charge in [-0.05, 0) is 48.4 Å². The van der Waals surface area contributed by atoms with Gasteiger partial charge in [0.05, 0.1) is 22.3 Å². The molecule has 1 unspecified atom stereocenters. The molecule has 1 aromatic carbocycles. The van der Waals surface area contributed by atoms with Crippen molar-refractivity contribution in [1.82, 2.24) is 9.97 Å². The molecule has 1 atom stereocenters. The molecule has 0 saturated carbocycles. The number of nitrogens with zero attached hydrogens (tertiary/aromatic N) is 2. The number of aliphatic hydroxyl groups is 1. The molecule has 1 aliphatic rings. The zero-order valence-corrected chi connectivity index (χ0v) is 13.3. The summed E-state index contributed by atoms with van der Waals surface area (Å²) in [6.45, 7) is 0. The maximum atomic E-state index is 10.4. The van der Waals surface area contributed by atoms with Crippen molar-refractivity contribution in [2.75, 3.05) is 0 Å². The molecule has 118 valence electrons. The molecule has 0 aliphatic heterocycles. The first-order chi connectivity index (χ1) is 11.8. The van der Waals surface area contributed by atoms with Gasteiger partial charge >= 0.3 is 0 Å². The van der Waals surface area contributed by atoms with Gasteiger partial charge in [0.1, 0.15) is 6.10 Å². The summed E-state index contributed by atoms with van der Waals surface area (Å²) in [5.74, 6) is 0. The van der Waals surface area contributed by atoms with E-state index in [1.54, 1.807) is 6.08 Å². The van der Waals surface area contributed by atoms with E-state index in [4.69, 9.17) is 0 Å². The molecule has 1 N–H and O–H groups in total. The molecular weight excluding hydrogens is 296 g/mol. The molecule has 4 rings (SSSR count). The van der Waals surface area contributed by atoms with Crippen molar-refractivity contribution in [3.8, 4) is 0 Å². The van der Waals surface area contributed by atoms with Crippen LogP contribution in [0, 0.1) is 0 Å². The Morgan fingerprint density at radius 1 is 0.917 bits per heavy atom. The molecule has 3 aromatic rings. The predicted molar refractivity (Wildman–Crippen MR) is 97.4 cm³/mol. The van der Waals surface area contributed by atoms with Crippen LogP contribution in [-0.4, -0.2) is 15.1 Å². The first-order valence-electron chi connectivity index (χ1n) is 8.19. The monoisotopic (exact) mass is 314 g/mol. The second kappa shape index (κ2) is 6.38. The number of aliphatic hydroxyl groups excluding tert-OH is 1. The van der Waals surface area contributed by atoms with E-state index >= 15 is 0 Å². The van der Waals surface area contributed by atoms with Gasteiger partial charge in [0, 0.05) is 5.39 Å². The van der Waals surface area contributed by atoms with E-state index in [9.17, 15) is 5.11 Å². The van der Waals surface area contributed by atoms with Crippen LogP contribution in [0.4, 0.5) is 0 Å². The Labute approximate surface area is 140 Å². The van der Waals surface area contributed by atoms with Gasteiger partial charge in [-0.15, -0.1) is 0 Å². The number of hydrogen-bond acceptors (Lipinski definition) is 3. The highest BCUT2D eigenvalue weighted by Crippen LogP contribution is 2.15. The molecule has 0 fully saturated rings. The van der Waals surface area contributed by atoms with E-state index in [1.807, 2.05) is 54.6 Å². The van der Waals surface area contributed by atoms with E-state index in [1.165, 1.54) is 0 Å². The van der Waals surface area contributed by atoms with E-state index in [0.29, 0.717) is 5.69 Å². The molecule has 0 spiro atoms. The summed E-state index contributed by atoms with van der Waals surface area (Å²) in [7, 11) is 0. The van der Waals surface area contributed by atoms with Gasteiger partial charge in [0.2, 0.25) is 0 Å².